The lowest BCUT2D eigenvalue weighted by Crippen LogP contribution is -2.03. The van der Waals surface area contributed by atoms with Crippen LogP contribution in [0.1, 0.15) is 11.4 Å². The number of rotatable bonds is 2. The number of hydrogen-bond donors (Lipinski definition) is 0. The van der Waals surface area contributed by atoms with Crippen molar-refractivity contribution in [1.29, 1.82) is 0 Å². The summed E-state index contributed by atoms with van der Waals surface area (Å²) in [4.78, 5) is 4.33. The van der Waals surface area contributed by atoms with Crippen molar-refractivity contribution in [2.45, 2.75) is 12.8 Å². The summed E-state index contributed by atoms with van der Waals surface area (Å²) in [5.74, 6) is -0.534. The molecule has 0 aliphatic heterocycles. The normalized spacial score (nSPS) is 11.3. The van der Waals surface area contributed by atoms with E-state index in [4.69, 9.17) is 23.2 Å². The number of aryl methyl sites for hydroxylation is 1. The van der Waals surface area contributed by atoms with Crippen LogP contribution in [0.4, 0.5) is 8.78 Å². The van der Waals surface area contributed by atoms with Crippen LogP contribution in [0.3, 0.4) is 0 Å². The highest BCUT2D eigenvalue weighted by atomic mass is 35.5. The predicted octanol–water partition coefficient (Wildman–Crippen LogP) is 5.00. The van der Waals surface area contributed by atoms with E-state index in [2.05, 4.69) is 4.98 Å². The summed E-state index contributed by atoms with van der Waals surface area (Å²) in [5.41, 5.74) is 1.51. The molecule has 0 fully saturated rings. The Morgan fingerprint density at radius 2 is 1.90 bits per heavy atom. The van der Waals surface area contributed by atoms with Gasteiger partial charge in [0.25, 0.3) is 0 Å². The summed E-state index contributed by atoms with van der Waals surface area (Å²) in [7, 11) is 0. The van der Waals surface area contributed by atoms with E-state index in [-0.39, 0.29) is 17.1 Å². The zero-order chi connectivity index (χ0) is 15.1. The van der Waals surface area contributed by atoms with Crippen molar-refractivity contribution in [2.75, 3.05) is 0 Å². The Kier molecular flexibility index (Phi) is 3.59. The molecule has 0 bridgehead atoms. The van der Waals surface area contributed by atoms with Crippen LogP contribution in [0.15, 0.2) is 30.3 Å². The van der Waals surface area contributed by atoms with E-state index in [0.29, 0.717) is 21.9 Å². The van der Waals surface area contributed by atoms with Gasteiger partial charge in [-0.15, -0.1) is 11.6 Å². The van der Waals surface area contributed by atoms with Gasteiger partial charge in [0.1, 0.15) is 17.5 Å². The Morgan fingerprint density at radius 3 is 2.62 bits per heavy atom. The fraction of sp³-hybridized carbons (Fsp3) is 0.133. The van der Waals surface area contributed by atoms with E-state index in [1.54, 1.807) is 18.2 Å². The minimum Gasteiger partial charge on any atom is -0.292 e. The first-order chi connectivity index (χ1) is 10.0. The van der Waals surface area contributed by atoms with E-state index in [9.17, 15) is 8.78 Å². The van der Waals surface area contributed by atoms with Crippen LogP contribution in [0.2, 0.25) is 5.02 Å². The highest BCUT2D eigenvalue weighted by Gasteiger charge is 2.17. The van der Waals surface area contributed by atoms with E-state index < -0.39 is 11.6 Å². The van der Waals surface area contributed by atoms with Gasteiger partial charge in [-0.1, -0.05) is 11.6 Å². The molecule has 0 aliphatic rings. The first-order valence-corrected chi connectivity index (χ1v) is 7.11. The number of alkyl halides is 1. The lowest BCUT2D eigenvalue weighted by molar-refractivity contribution is 0.585. The topological polar surface area (TPSA) is 17.8 Å². The third kappa shape index (κ3) is 2.39. The number of imidazole rings is 1. The molecule has 0 atom stereocenters. The van der Waals surface area contributed by atoms with Crippen molar-refractivity contribution in [2.24, 2.45) is 0 Å². The first-order valence-electron chi connectivity index (χ1n) is 6.20. The summed E-state index contributed by atoms with van der Waals surface area (Å²) in [6.45, 7) is 1.51. The highest BCUT2D eigenvalue weighted by molar-refractivity contribution is 6.31. The smallest absolute Gasteiger partial charge is 0.147 e. The SMILES string of the molecule is Cc1cc(F)c(-n2c(CCl)nc3ccc(Cl)cc32)cc1F. The van der Waals surface area contributed by atoms with Gasteiger partial charge in [-0.3, -0.25) is 4.57 Å². The van der Waals surface area contributed by atoms with E-state index in [1.807, 2.05) is 0 Å². The molecule has 1 aromatic heterocycles. The van der Waals surface area contributed by atoms with Crippen LogP contribution in [0.5, 0.6) is 0 Å². The largest absolute Gasteiger partial charge is 0.292 e. The van der Waals surface area contributed by atoms with E-state index in [0.717, 1.165) is 12.1 Å². The zero-order valence-corrected chi connectivity index (χ0v) is 12.5. The van der Waals surface area contributed by atoms with Crippen LogP contribution in [-0.4, -0.2) is 9.55 Å². The molecule has 0 amide bonds. The van der Waals surface area contributed by atoms with Gasteiger partial charge in [0.2, 0.25) is 0 Å². The van der Waals surface area contributed by atoms with Crippen molar-refractivity contribution >= 4 is 34.2 Å². The van der Waals surface area contributed by atoms with Crippen LogP contribution < -0.4 is 0 Å². The monoisotopic (exact) mass is 326 g/mol. The summed E-state index contributed by atoms with van der Waals surface area (Å²) in [6, 6.07) is 7.34. The van der Waals surface area contributed by atoms with Crippen LogP contribution in [0.25, 0.3) is 16.7 Å². The molecule has 108 valence electrons. The Labute approximate surface area is 129 Å². The minimum atomic E-state index is -0.542. The molecule has 1 heterocycles. The van der Waals surface area contributed by atoms with Gasteiger partial charge in [-0.2, -0.15) is 0 Å². The molecule has 2 aromatic carbocycles. The average molecular weight is 327 g/mol. The summed E-state index contributed by atoms with van der Waals surface area (Å²) >= 11 is 11.9. The number of aromatic nitrogens is 2. The van der Waals surface area contributed by atoms with Crippen LogP contribution in [0, 0.1) is 18.6 Å². The van der Waals surface area contributed by atoms with Crippen LogP contribution in [-0.2, 0) is 5.88 Å². The Bertz CT molecular complexity index is 843. The molecule has 3 aromatic rings. The highest BCUT2D eigenvalue weighted by Crippen LogP contribution is 2.28. The Hall–Kier alpha value is -1.65. The predicted molar refractivity (Wildman–Crippen MR) is 80.3 cm³/mol. The van der Waals surface area contributed by atoms with Gasteiger partial charge in [0.15, 0.2) is 0 Å². The molecule has 0 N–H and O–H groups in total. The lowest BCUT2D eigenvalue weighted by Gasteiger charge is -2.10. The maximum atomic E-state index is 14.2. The lowest BCUT2D eigenvalue weighted by atomic mass is 10.2. The number of hydrogen-bond acceptors (Lipinski definition) is 1. The van der Waals surface area contributed by atoms with Gasteiger partial charge in [-0.05, 0) is 36.8 Å². The molecule has 0 spiro atoms. The standard InChI is InChI=1S/C15H10Cl2F2N2/c1-8-4-11(19)13(6-10(8)18)21-14-5-9(17)2-3-12(14)20-15(21)7-16/h2-6H,7H2,1H3. The van der Waals surface area contributed by atoms with Gasteiger partial charge in [0.05, 0.1) is 22.6 Å². The first kappa shape index (κ1) is 14.3. The van der Waals surface area contributed by atoms with E-state index >= 15 is 0 Å². The molecule has 0 unspecified atom stereocenters. The molecule has 0 radical (unpaired) electrons. The molecule has 0 saturated heterocycles. The number of halogens is 4. The zero-order valence-electron chi connectivity index (χ0n) is 11.0. The third-order valence-electron chi connectivity index (χ3n) is 3.27. The van der Waals surface area contributed by atoms with Crippen molar-refractivity contribution in [3.63, 3.8) is 0 Å². The summed E-state index contributed by atoms with van der Waals surface area (Å²) < 4.78 is 29.5. The molecule has 2 nitrogen and oxygen atoms in total. The average Bonchev–Trinajstić information content (AvgIpc) is 2.80. The molecular formula is C15H10Cl2F2N2. The van der Waals surface area contributed by atoms with Crippen molar-refractivity contribution in [3.05, 3.63) is 58.4 Å². The second-order valence-corrected chi connectivity index (χ2v) is 5.39. The molecule has 0 aliphatic carbocycles. The number of fused-ring (bicyclic) bond motifs is 1. The van der Waals surface area contributed by atoms with Crippen molar-refractivity contribution in [1.82, 2.24) is 9.55 Å². The Balaban J connectivity index is 2.38. The maximum Gasteiger partial charge on any atom is 0.147 e. The fourth-order valence-corrected chi connectivity index (χ4v) is 2.61. The van der Waals surface area contributed by atoms with Gasteiger partial charge in [-0.25, -0.2) is 13.8 Å². The van der Waals surface area contributed by atoms with Crippen molar-refractivity contribution < 1.29 is 8.78 Å². The molecule has 6 heteroatoms. The van der Waals surface area contributed by atoms with E-state index in [1.165, 1.54) is 11.5 Å². The fourth-order valence-electron chi connectivity index (χ4n) is 2.26. The second kappa shape index (κ2) is 5.28. The third-order valence-corrected chi connectivity index (χ3v) is 3.75. The van der Waals surface area contributed by atoms with Crippen molar-refractivity contribution in [3.8, 4) is 5.69 Å². The second-order valence-electron chi connectivity index (χ2n) is 4.68. The Morgan fingerprint density at radius 1 is 1.14 bits per heavy atom. The molecule has 21 heavy (non-hydrogen) atoms. The van der Waals surface area contributed by atoms with Gasteiger partial charge in [0, 0.05) is 11.1 Å². The summed E-state index contributed by atoms with van der Waals surface area (Å²) in [6.07, 6.45) is 0. The maximum absolute atomic E-state index is 14.2. The molecule has 3 rings (SSSR count). The molecule has 0 saturated carbocycles. The number of nitrogens with zero attached hydrogens (tertiary/aromatic N) is 2. The quantitative estimate of drug-likeness (QED) is 0.605. The number of benzene rings is 2. The van der Waals surface area contributed by atoms with Gasteiger partial charge < -0.3 is 0 Å². The summed E-state index contributed by atoms with van der Waals surface area (Å²) in [5, 5.41) is 0.484. The van der Waals surface area contributed by atoms with Crippen LogP contribution >= 0.6 is 23.2 Å². The molecular weight excluding hydrogens is 317 g/mol. The minimum absolute atomic E-state index is 0.0681. The van der Waals surface area contributed by atoms with Gasteiger partial charge >= 0.3 is 0 Å².